The molecule has 0 unspecified atom stereocenters. The fourth-order valence-corrected chi connectivity index (χ4v) is 1.75. The number of aromatic nitrogens is 2. The summed E-state index contributed by atoms with van der Waals surface area (Å²) in [6.45, 7) is 5.96. The van der Waals surface area contributed by atoms with Gasteiger partial charge in [0.15, 0.2) is 0 Å². The van der Waals surface area contributed by atoms with Gasteiger partial charge < -0.3 is 10.1 Å². The van der Waals surface area contributed by atoms with Crippen molar-refractivity contribution in [1.29, 1.82) is 0 Å². The largest absolute Gasteiger partial charge is 0.437 e. The summed E-state index contributed by atoms with van der Waals surface area (Å²) >= 11 is 0. The second-order valence-electron chi connectivity index (χ2n) is 4.23. The summed E-state index contributed by atoms with van der Waals surface area (Å²) in [6, 6.07) is 7.80. The molecule has 0 atom stereocenters. The minimum Gasteiger partial charge on any atom is -0.437 e. The van der Waals surface area contributed by atoms with Gasteiger partial charge in [0.25, 0.3) is 0 Å². The quantitative estimate of drug-likeness (QED) is 0.864. The Kier molecular flexibility index (Phi) is 4.86. The zero-order valence-corrected chi connectivity index (χ0v) is 11.4. The highest BCUT2D eigenvalue weighted by Crippen LogP contribution is 2.20. The van der Waals surface area contributed by atoms with E-state index in [1.807, 2.05) is 18.2 Å². The fourth-order valence-electron chi connectivity index (χ4n) is 1.75. The van der Waals surface area contributed by atoms with Gasteiger partial charge in [-0.1, -0.05) is 13.8 Å². The van der Waals surface area contributed by atoms with Gasteiger partial charge in [0.1, 0.15) is 5.75 Å². The third-order valence-electron chi connectivity index (χ3n) is 2.71. The minimum absolute atomic E-state index is 0.625. The molecule has 0 bridgehead atoms. The summed E-state index contributed by atoms with van der Waals surface area (Å²) in [5, 5.41) is 3.31. The molecule has 2 heterocycles. The maximum Gasteiger partial charge on any atom is 0.219 e. The summed E-state index contributed by atoms with van der Waals surface area (Å²) in [5.41, 5.74) is 2.22. The monoisotopic (exact) mass is 257 g/mol. The highest BCUT2D eigenvalue weighted by Gasteiger charge is 2.04. The predicted octanol–water partition coefficient (Wildman–Crippen LogP) is 2.94. The van der Waals surface area contributed by atoms with Crippen LogP contribution in [0.4, 0.5) is 0 Å². The molecule has 0 aliphatic carbocycles. The van der Waals surface area contributed by atoms with Gasteiger partial charge >= 0.3 is 0 Å². The molecule has 2 rings (SSSR count). The van der Waals surface area contributed by atoms with Crippen LogP contribution in [0.25, 0.3) is 0 Å². The van der Waals surface area contributed by atoms with Gasteiger partial charge in [-0.05, 0) is 36.7 Å². The molecule has 2 aromatic rings. The zero-order chi connectivity index (χ0) is 13.5. The van der Waals surface area contributed by atoms with Crippen molar-refractivity contribution in [3.63, 3.8) is 0 Å². The Morgan fingerprint density at radius 1 is 1.26 bits per heavy atom. The molecule has 19 heavy (non-hydrogen) atoms. The molecule has 100 valence electrons. The van der Waals surface area contributed by atoms with Crippen molar-refractivity contribution in [2.75, 3.05) is 6.54 Å². The summed E-state index contributed by atoms with van der Waals surface area (Å²) in [7, 11) is 0. The van der Waals surface area contributed by atoms with Gasteiger partial charge in [-0.15, -0.1) is 0 Å². The molecule has 2 aromatic heterocycles. The molecule has 1 N–H and O–H groups in total. The van der Waals surface area contributed by atoms with E-state index in [0.29, 0.717) is 11.6 Å². The second kappa shape index (κ2) is 6.85. The van der Waals surface area contributed by atoms with Gasteiger partial charge in [0.05, 0.1) is 6.20 Å². The summed E-state index contributed by atoms with van der Waals surface area (Å²) in [5.74, 6) is 1.33. The van der Waals surface area contributed by atoms with Gasteiger partial charge in [0, 0.05) is 24.5 Å². The van der Waals surface area contributed by atoms with Crippen LogP contribution in [-0.2, 0) is 13.0 Å². The number of hydrogen-bond acceptors (Lipinski definition) is 4. The lowest BCUT2D eigenvalue weighted by atomic mass is 10.2. The standard InChI is InChI=1S/C15H19N3O/c1-3-13-8-12(10-16-4-2)9-15(18-13)19-14-6-5-7-17-11-14/h5-9,11,16H,3-4,10H2,1-2H3. The van der Waals surface area contributed by atoms with Crippen LogP contribution in [0.5, 0.6) is 11.6 Å². The average molecular weight is 257 g/mol. The Hall–Kier alpha value is -1.94. The first-order valence-corrected chi connectivity index (χ1v) is 6.60. The van der Waals surface area contributed by atoms with Gasteiger partial charge in [0.2, 0.25) is 5.88 Å². The van der Waals surface area contributed by atoms with Crippen LogP contribution in [0.3, 0.4) is 0 Å². The number of rotatable bonds is 6. The van der Waals surface area contributed by atoms with Crippen LogP contribution in [-0.4, -0.2) is 16.5 Å². The Bertz CT molecular complexity index is 514. The van der Waals surface area contributed by atoms with Crippen molar-refractivity contribution in [2.45, 2.75) is 26.8 Å². The Morgan fingerprint density at radius 3 is 2.84 bits per heavy atom. The molecule has 0 aliphatic heterocycles. The first kappa shape index (κ1) is 13.5. The van der Waals surface area contributed by atoms with E-state index in [9.17, 15) is 0 Å². The molecule has 0 aliphatic rings. The molecular formula is C15H19N3O. The molecule has 0 radical (unpaired) electrons. The van der Waals surface area contributed by atoms with Crippen LogP contribution < -0.4 is 10.1 Å². The maximum absolute atomic E-state index is 5.74. The number of nitrogens with one attached hydrogen (secondary N) is 1. The summed E-state index contributed by atoms with van der Waals surface area (Å²) in [4.78, 5) is 8.51. The first-order chi connectivity index (χ1) is 9.31. The minimum atomic E-state index is 0.625. The van der Waals surface area contributed by atoms with E-state index in [4.69, 9.17) is 4.74 Å². The Labute approximate surface area is 113 Å². The van der Waals surface area contributed by atoms with E-state index in [0.717, 1.165) is 25.2 Å². The molecule has 0 saturated heterocycles. The molecule has 0 saturated carbocycles. The van der Waals surface area contributed by atoms with Crippen LogP contribution in [0.15, 0.2) is 36.7 Å². The number of ether oxygens (including phenoxy) is 1. The first-order valence-electron chi connectivity index (χ1n) is 6.60. The lowest BCUT2D eigenvalue weighted by molar-refractivity contribution is 0.457. The van der Waals surface area contributed by atoms with Crippen LogP contribution in [0.2, 0.25) is 0 Å². The van der Waals surface area contributed by atoms with Crippen LogP contribution >= 0.6 is 0 Å². The van der Waals surface area contributed by atoms with Crippen molar-refractivity contribution >= 4 is 0 Å². The number of pyridine rings is 2. The lowest BCUT2D eigenvalue weighted by Gasteiger charge is -2.09. The van der Waals surface area contributed by atoms with Crippen LogP contribution in [0.1, 0.15) is 25.1 Å². The fraction of sp³-hybridized carbons (Fsp3) is 0.333. The Balaban J connectivity index is 2.19. The normalized spacial score (nSPS) is 10.4. The summed E-state index contributed by atoms with van der Waals surface area (Å²) in [6.07, 6.45) is 4.30. The number of aryl methyl sites for hydroxylation is 1. The van der Waals surface area contributed by atoms with Crippen molar-refractivity contribution in [3.05, 3.63) is 47.9 Å². The molecule has 0 aromatic carbocycles. The summed E-state index contributed by atoms with van der Waals surface area (Å²) < 4.78 is 5.74. The smallest absolute Gasteiger partial charge is 0.219 e. The molecule has 0 amide bonds. The average Bonchev–Trinajstić information content (AvgIpc) is 2.46. The molecule has 4 heteroatoms. The van der Waals surface area contributed by atoms with Gasteiger partial charge in [-0.2, -0.15) is 0 Å². The van der Waals surface area contributed by atoms with E-state index in [2.05, 4.69) is 35.2 Å². The van der Waals surface area contributed by atoms with Crippen molar-refractivity contribution in [3.8, 4) is 11.6 Å². The van der Waals surface area contributed by atoms with Gasteiger partial charge in [-0.3, -0.25) is 4.98 Å². The molecule has 0 spiro atoms. The molecule has 4 nitrogen and oxygen atoms in total. The topological polar surface area (TPSA) is 47.0 Å². The Morgan fingerprint density at radius 2 is 2.16 bits per heavy atom. The maximum atomic E-state index is 5.74. The van der Waals surface area contributed by atoms with Gasteiger partial charge in [-0.25, -0.2) is 4.98 Å². The van der Waals surface area contributed by atoms with Crippen molar-refractivity contribution < 1.29 is 4.74 Å². The third-order valence-corrected chi connectivity index (χ3v) is 2.71. The van der Waals surface area contributed by atoms with E-state index >= 15 is 0 Å². The van der Waals surface area contributed by atoms with E-state index in [-0.39, 0.29) is 0 Å². The molecule has 0 fully saturated rings. The highest BCUT2D eigenvalue weighted by molar-refractivity contribution is 5.29. The van der Waals surface area contributed by atoms with Crippen molar-refractivity contribution in [2.24, 2.45) is 0 Å². The lowest BCUT2D eigenvalue weighted by Crippen LogP contribution is -2.12. The predicted molar refractivity (Wildman–Crippen MR) is 75.3 cm³/mol. The number of hydrogen-bond donors (Lipinski definition) is 1. The van der Waals surface area contributed by atoms with Crippen molar-refractivity contribution in [1.82, 2.24) is 15.3 Å². The molecular weight excluding hydrogens is 238 g/mol. The number of nitrogens with zero attached hydrogens (tertiary/aromatic N) is 2. The third kappa shape index (κ3) is 4.03. The second-order valence-corrected chi connectivity index (χ2v) is 4.23. The SMILES string of the molecule is CCNCc1cc(CC)nc(Oc2cccnc2)c1. The van der Waals surface area contributed by atoms with E-state index < -0.39 is 0 Å². The van der Waals surface area contributed by atoms with E-state index in [1.165, 1.54) is 5.56 Å². The van der Waals surface area contributed by atoms with E-state index in [1.54, 1.807) is 12.4 Å². The zero-order valence-electron chi connectivity index (χ0n) is 11.4. The van der Waals surface area contributed by atoms with Crippen LogP contribution in [0, 0.1) is 0 Å². The highest BCUT2D eigenvalue weighted by atomic mass is 16.5.